The SMILES string of the molecule is CCOc1ccc(NC(=O)N2CCc3c(sc4nc(-c5ccc(C)cc5)nn34)C2)cc1. The maximum Gasteiger partial charge on any atom is 0.322 e. The highest BCUT2D eigenvalue weighted by Crippen LogP contribution is 2.30. The lowest BCUT2D eigenvalue weighted by Gasteiger charge is -2.26. The van der Waals surface area contributed by atoms with Gasteiger partial charge in [0.05, 0.1) is 18.8 Å². The molecule has 0 aliphatic carbocycles. The number of hydrogen-bond donors (Lipinski definition) is 1. The smallest absolute Gasteiger partial charge is 0.322 e. The second kappa shape index (κ2) is 8.03. The summed E-state index contributed by atoms with van der Waals surface area (Å²) in [4.78, 5) is 21.3. The molecular weight excluding hydrogens is 410 g/mol. The van der Waals surface area contributed by atoms with Gasteiger partial charge in [0, 0.05) is 29.1 Å². The van der Waals surface area contributed by atoms with Crippen molar-refractivity contribution >= 4 is 28.0 Å². The van der Waals surface area contributed by atoms with E-state index in [4.69, 9.17) is 14.8 Å². The molecule has 0 radical (unpaired) electrons. The first-order chi connectivity index (χ1) is 15.1. The van der Waals surface area contributed by atoms with Crippen LogP contribution in [0.25, 0.3) is 16.3 Å². The van der Waals surface area contributed by atoms with Crippen molar-refractivity contribution in [3.05, 3.63) is 64.7 Å². The molecule has 4 aromatic rings. The van der Waals surface area contributed by atoms with Crippen LogP contribution in [-0.4, -0.2) is 38.7 Å². The molecule has 0 fully saturated rings. The highest BCUT2D eigenvalue weighted by Gasteiger charge is 2.26. The number of nitrogens with one attached hydrogen (secondary N) is 1. The number of urea groups is 1. The van der Waals surface area contributed by atoms with Gasteiger partial charge in [0.2, 0.25) is 4.96 Å². The minimum absolute atomic E-state index is 0.103. The first-order valence-corrected chi connectivity index (χ1v) is 11.2. The van der Waals surface area contributed by atoms with E-state index < -0.39 is 0 Å². The molecule has 0 atom stereocenters. The van der Waals surface area contributed by atoms with Gasteiger partial charge >= 0.3 is 6.03 Å². The third kappa shape index (κ3) is 3.86. The number of fused-ring (bicyclic) bond motifs is 3. The lowest BCUT2D eigenvalue weighted by molar-refractivity contribution is 0.206. The number of ether oxygens (including phenoxy) is 1. The van der Waals surface area contributed by atoms with E-state index in [9.17, 15) is 4.79 Å². The van der Waals surface area contributed by atoms with E-state index in [1.54, 1.807) is 11.3 Å². The zero-order chi connectivity index (χ0) is 21.4. The topological polar surface area (TPSA) is 71.8 Å². The van der Waals surface area contributed by atoms with Crippen molar-refractivity contribution in [3.63, 3.8) is 0 Å². The number of anilines is 1. The average Bonchev–Trinajstić information content (AvgIpc) is 3.33. The summed E-state index contributed by atoms with van der Waals surface area (Å²) in [6.07, 6.45) is 0.753. The highest BCUT2D eigenvalue weighted by atomic mass is 32.1. The Hall–Kier alpha value is -3.39. The Balaban J connectivity index is 1.30. The molecular formula is C23H23N5O2S. The van der Waals surface area contributed by atoms with Crippen LogP contribution in [0.2, 0.25) is 0 Å². The summed E-state index contributed by atoms with van der Waals surface area (Å²) in [6, 6.07) is 15.6. The Bertz CT molecular complexity index is 1230. The summed E-state index contributed by atoms with van der Waals surface area (Å²) in [5, 5.41) is 7.70. The van der Waals surface area contributed by atoms with Gasteiger partial charge in [-0.05, 0) is 38.1 Å². The fourth-order valence-corrected chi connectivity index (χ4v) is 4.81. The number of benzene rings is 2. The highest BCUT2D eigenvalue weighted by molar-refractivity contribution is 7.17. The quantitative estimate of drug-likeness (QED) is 0.504. The molecule has 5 rings (SSSR count). The molecule has 3 heterocycles. The molecule has 7 nitrogen and oxygen atoms in total. The number of carbonyl (C=O) groups excluding carboxylic acids is 1. The van der Waals surface area contributed by atoms with Crippen LogP contribution in [0.5, 0.6) is 5.75 Å². The molecule has 1 N–H and O–H groups in total. The first-order valence-electron chi connectivity index (χ1n) is 10.3. The van der Waals surface area contributed by atoms with Crippen molar-refractivity contribution in [2.24, 2.45) is 0 Å². The molecule has 0 saturated heterocycles. The number of aromatic nitrogens is 3. The van der Waals surface area contributed by atoms with Crippen LogP contribution >= 0.6 is 11.3 Å². The summed E-state index contributed by atoms with van der Waals surface area (Å²) in [7, 11) is 0. The standard InChI is InChI=1S/C23H23N5O2S/c1-3-30-18-10-8-17(9-11-18)24-22(29)27-13-12-19-20(14-27)31-23-25-21(26-28(19)23)16-6-4-15(2)5-7-16/h4-11H,3,12-14H2,1-2H3,(H,24,29). The summed E-state index contributed by atoms with van der Waals surface area (Å²) < 4.78 is 7.39. The zero-order valence-electron chi connectivity index (χ0n) is 17.5. The van der Waals surface area contributed by atoms with Gasteiger partial charge in [-0.15, -0.1) is 5.10 Å². The van der Waals surface area contributed by atoms with Crippen LogP contribution in [0.1, 0.15) is 23.1 Å². The van der Waals surface area contributed by atoms with Crippen LogP contribution in [0, 0.1) is 6.92 Å². The molecule has 158 valence electrons. The Morgan fingerprint density at radius 2 is 1.94 bits per heavy atom. The van der Waals surface area contributed by atoms with E-state index >= 15 is 0 Å². The van der Waals surface area contributed by atoms with Crippen molar-refractivity contribution in [1.82, 2.24) is 19.5 Å². The molecule has 0 unspecified atom stereocenters. The number of thiazole rings is 1. The van der Waals surface area contributed by atoms with E-state index in [-0.39, 0.29) is 6.03 Å². The average molecular weight is 434 g/mol. The van der Waals surface area contributed by atoms with Gasteiger partial charge in [-0.3, -0.25) is 0 Å². The molecule has 8 heteroatoms. The van der Waals surface area contributed by atoms with Crippen LogP contribution in [-0.2, 0) is 13.0 Å². The summed E-state index contributed by atoms with van der Waals surface area (Å²) in [6.45, 7) is 5.83. The number of hydrogen-bond acceptors (Lipinski definition) is 5. The third-order valence-electron chi connectivity index (χ3n) is 5.34. The monoisotopic (exact) mass is 433 g/mol. The number of nitrogens with zero attached hydrogens (tertiary/aromatic N) is 4. The van der Waals surface area contributed by atoms with Crippen molar-refractivity contribution < 1.29 is 9.53 Å². The van der Waals surface area contributed by atoms with E-state index in [1.807, 2.05) is 52.7 Å². The van der Waals surface area contributed by atoms with E-state index in [2.05, 4.69) is 24.4 Å². The van der Waals surface area contributed by atoms with Gasteiger partial charge in [0.25, 0.3) is 0 Å². The second-order valence-electron chi connectivity index (χ2n) is 7.53. The van der Waals surface area contributed by atoms with Crippen molar-refractivity contribution in [3.8, 4) is 17.1 Å². The van der Waals surface area contributed by atoms with Gasteiger partial charge in [-0.25, -0.2) is 9.31 Å². The fourth-order valence-electron chi connectivity index (χ4n) is 3.69. The van der Waals surface area contributed by atoms with Gasteiger partial charge in [0.1, 0.15) is 5.75 Å². The molecule has 0 bridgehead atoms. The van der Waals surface area contributed by atoms with Crippen LogP contribution in [0.3, 0.4) is 0 Å². The summed E-state index contributed by atoms with van der Waals surface area (Å²) in [5.74, 6) is 1.53. The van der Waals surface area contributed by atoms with Gasteiger partial charge in [-0.1, -0.05) is 41.2 Å². The maximum absolute atomic E-state index is 12.8. The van der Waals surface area contributed by atoms with Gasteiger partial charge < -0.3 is 15.0 Å². The molecule has 1 aliphatic heterocycles. The Kier molecular flexibility index (Phi) is 5.07. The third-order valence-corrected chi connectivity index (χ3v) is 6.39. The molecule has 1 aliphatic rings. The lowest BCUT2D eigenvalue weighted by atomic mass is 10.1. The number of aryl methyl sites for hydroxylation is 1. The minimum atomic E-state index is -0.103. The molecule has 2 amide bonds. The van der Waals surface area contributed by atoms with Gasteiger partial charge in [0.15, 0.2) is 5.82 Å². The minimum Gasteiger partial charge on any atom is -0.494 e. The van der Waals surface area contributed by atoms with Crippen LogP contribution < -0.4 is 10.1 Å². The van der Waals surface area contributed by atoms with E-state index in [1.165, 1.54) is 5.56 Å². The number of amides is 2. The zero-order valence-corrected chi connectivity index (χ0v) is 18.3. The molecule has 0 spiro atoms. The Morgan fingerprint density at radius 1 is 1.16 bits per heavy atom. The van der Waals surface area contributed by atoms with Crippen LogP contribution in [0.4, 0.5) is 10.5 Å². The fraction of sp³-hybridized carbons (Fsp3) is 0.261. The Morgan fingerprint density at radius 3 is 2.68 bits per heavy atom. The summed E-state index contributed by atoms with van der Waals surface area (Å²) >= 11 is 1.60. The Labute approximate surface area is 184 Å². The lowest BCUT2D eigenvalue weighted by Crippen LogP contribution is -2.38. The molecule has 2 aromatic heterocycles. The van der Waals surface area contributed by atoms with Crippen molar-refractivity contribution in [2.45, 2.75) is 26.8 Å². The van der Waals surface area contributed by atoms with Crippen LogP contribution in [0.15, 0.2) is 48.5 Å². The van der Waals surface area contributed by atoms with E-state index in [0.717, 1.165) is 44.8 Å². The predicted molar refractivity (Wildman–Crippen MR) is 122 cm³/mol. The first kappa shape index (κ1) is 19.6. The van der Waals surface area contributed by atoms with Gasteiger partial charge in [-0.2, -0.15) is 4.98 Å². The number of carbonyl (C=O) groups is 1. The van der Waals surface area contributed by atoms with E-state index in [0.29, 0.717) is 19.7 Å². The van der Waals surface area contributed by atoms with Crippen molar-refractivity contribution in [1.29, 1.82) is 0 Å². The normalized spacial score (nSPS) is 13.3. The second-order valence-corrected chi connectivity index (χ2v) is 8.59. The number of rotatable bonds is 4. The molecule has 0 saturated carbocycles. The maximum atomic E-state index is 12.8. The molecule has 31 heavy (non-hydrogen) atoms. The largest absolute Gasteiger partial charge is 0.494 e. The summed E-state index contributed by atoms with van der Waals surface area (Å²) in [5.41, 5.74) is 4.13. The molecule has 2 aromatic carbocycles. The predicted octanol–water partition coefficient (Wildman–Crippen LogP) is 4.76. The van der Waals surface area contributed by atoms with Crippen molar-refractivity contribution in [2.75, 3.05) is 18.5 Å².